The van der Waals surface area contributed by atoms with E-state index in [2.05, 4.69) is 15.6 Å². The number of carbonyl (C=O) groups is 2. The molecule has 1 saturated heterocycles. The largest absolute Gasteiger partial charge is 0.338 e. The van der Waals surface area contributed by atoms with Crippen LogP contribution in [0.2, 0.25) is 0 Å². The lowest BCUT2D eigenvalue weighted by Crippen LogP contribution is -2.53. The number of para-hydroxylation sites is 1. The Balaban J connectivity index is 1.48. The molecule has 4 aromatic rings. The number of thiophene rings is 1. The Bertz CT molecular complexity index is 1580. The van der Waals surface area contributed by atoms with Gasteiger partial charge in [-0.1, -0.05) is 36.4 Å². The molecule has 0 aliphatic carbocycles. The summed E-state index contributed by atoms with van der Waals surface area (Å²) in [6.07, 6.45) is 1.43. The van der Waals surface area contributed by atoms with Gasteiger partial charge in [-0.2, -0.15) is 0 Å². The Morgan fingerprint density at radius 3 is 2.53 bits per heavy atom. The normalized spacial score (nSPS) is 14.7. The molecule has 5 rings (SSSR count). The predicted octanol–water partition coefficient (Wildman–Crippen LogP) is 4.47. The molecule has 184 valence electrons. The Morgan fingerprint density at radius 2 is 1.78 bits per heavy atom. The average molecular weight is 521 g/mol. The minimum Gasteiger partial charge on any atom is -0.338 e. The summed E-state index contributed by atoms with van der Waals surface area (Å²) in [5.41, 5.74) is 2.94. The van der Waals surface area contributed by atoms with Gasteiger partial charge in [0, 0.05) is 34.4 Å². The number of aromatic nitrogens is 1. The van der Waals surface area contributed by atoms with E-state index in [1.165, 1.54) is 22.4 Å². The summed E-state index contributed by atoms with van der Waals surface area (Å²) in [5, 5.41) is 8.83. The van der Waals surface area contributed by atoms with Gasteiger partial charge in [-0.3, -0.25) is 9.59 Å². The van der Waals surface area contributed by atoms with Gasteiger partial charge in [0.25, 0.3) is 11.8 Å². The van der Waals surface area contributed by atoms with E-state index in [9.17, 15) is 18.0 Å². The number of nitrogens with one attached hydrogen (secondary N) is 2. The summed E-state index contributed by atoms with van der Waals surface area (Å²) in [7, 11) is -1.50. The minimum atomic E-state index is -3.08. The van der Waals surface area contributed by atoms with Crippen molar-refractivity contribution in [3.63, 3.8) is 0 Å². The van der Waals surface area contributed by atoms with E-state index in [0.29, 0.717) is 17.1 Å². The summed E-state index contributed by atoms with van der Waals surface area (Å²) in [6, 6.07) is 16.5. The van der Waals surface area contributed by atoms with Crippen molar-refractivity contribution in [1.82, 2.24) is 9.88 Å². The smallest absolute Gasteiger partial charge is 0.257 e. The molecule has 0 spiro atoms. The molecule has 2 aromatic carbocycles. The summed E-state index contributed by atoms with van der Waals surface area (Å²) >= 11 is 1.48. The molecular weight excluding hydrogens is 496 g/mol. The molecule has 0 radical (unpaired) electrons. The van der Waals surface area contributed by atoms with Crippen molar-refractivity contribution in [3.05, 3.63) is 82.9 Å². The van der Waals surface area contributed by atoms with Gasteiger partial charge >= 0.3 is 0 Å². The summed E-state index contributed by atoms with van der Waals surface area (Å²) < 4.78 is 24.2. The average Bonchev–Trinajstić information content (AvgIpc) is 3.28. The van der Waals surface area contributed by atoms with E-state index in [1.807, 2.05) is 60.8 Å². The standard InChI is InChI=1S/C26H24N4O4S2/c1-16-7-3-5-9-21(16)28-24-22(29-25(31)20-13-35-23-10-6-4-8-19(20)23)11-17(12-27-24)26(32)30(2)18-14-36(33,34)15-18/h3-13,18H,14-15H2,1-2H3,(H,27,28)(H,29,31). The van der Waals surface area contributed by atoms with E-state index in [4.69, 9.17) is 0 Å². The van der Waals surface area contributed by atoms with Gasteiger partial charge < -0.3 is 15.5 Å². The quantitative estimate of drug-likeness (QED) is 0.388. The highest BCUT2D eigenvalue weighted by molar-refractivity contribution is 7.92. The van der Waals surface area contributed by atoms with Crippen LogP contribution in [0.15, 0.2) is 66.2 Å². The van der Waals surface area contributed by atoms with Crippen LogP contribution in [0.1, 0.15) is 26.3 Å². The Kier molecular flexibility index (Phi) is 6.23. The first-order valence-electron chi connectivity index (χ1n) is 11.3. The summed E-state index contributed by atoms with van der Waals surface area (Å²) in [5.74, 6) is -0.386. The molecule has 1 aliphatic rings. The molecule has 0 unspecified atom stereocenters. The molecule has 0 bridgehead atoms. The second-order valence-corrected chi connectivity index (χ2v) is 11.9. The van der Waals surface area contributed by atoms with Gasteiger partial charge in [0.05, 0.1) is 34.4 Å². The highest BCUT2D eigenvalue weighted by atomic mass is 32.2. The number of nitrogens with zero attached hydrogens (tertiary/aromatic N) is 2. The van der Waals surface area contributed by atoms with E-state index in [1.54, 1.807) is 13.1 Å². The van der Waals surface area contributed by atoms with Crippen LogP contribution in [0.3, 0.4) is 0 Å². The highest BCUT2D eigenvalue weighted by Crippen LogP contribution is 2.30. The van der Waals surface area contributed by atoms with Crippen LogP contribution >= 0.6 is 11.3 Å². The number of rotatable bonds is 6. The monoisotopic (exact) mass is 520 g/mol. The fourth-order valence-corrected chi connectivity index (χ4v) is 6.55. The predicted molar refractivity (Wildman–Crippen MR) is 143 cm³/mol. The molecule has 0 saturated carbocycles. The first-order chi connectivity index (χ1) is 17.2. The maximum Gasteiger partial charge on any atom is 0.257 e. The van der Waals surface area contributed by atoms with Gasteiger partial charge in [-0.05, 0) is 30.7 Å². The van der Waals surface area contributed by atoms with E-state index in [0.717, 1.165) is 21.3 Å². The van der Waals surface area contributed by atoms with Gasteiger partial charge in [0.2, 0.25) is 0 Å². The number of fused-ring (bicyclic) bond motifs is 1. The molecular formula is C26H24N4O4S2. The van der Waals surface area contributed by atoms with Gasteiger partial charge in [-0.15, -0.1) is 11.3 Å². The third-order valence-electron chi connectivity index (χ3n) is 6.27. The molecule has 36 heavy (non-hydrogen) atoms. The number of aryl methyl sites for hydroxylation is 1. The third kappa shape index (κ3) is 4.69. The number of pyridine rings is 1. The number of sulfone groups is 1. The zero-order valence-corrected chi connectivity index (χ0v) is 21.3. The van der Waals surface area contributed by atoms with E-state index < -0.39 is 9.84 Å². The number of anilines is 3. The molecule has 2 aromatic heterocycles. The second kappa shape index (κ2) is 9.36. The van der Waals surface area contributed by atoms with Crippen LogP contribution in [-0.4, -0.2) is 54.7 Å². The molecule has 2 N–H and O–H groups in total. The van der Waals surface area contributed by atoms with Crippen LogP contribution in [0, 0.1) is 6.92 Å². The lowest BCUT2D eigenvalue weighted by Gasteiger charge is -2.34. The van der Waals surface area contributed by atoms with Crippen LogP contribution < -0.4 is 10.6 Å². The number of carbonyl (C=O) groups excluding carboxylic acids is 2. The Labute approximate surface area is 212 Å². The zero-order valence-electron chi connectivity index (χ0n) is 19.7. The molecule has 8 nitrogen and oxygen atoms in total. The van der Waals surface area contributed by atoms with Crippen molar-refractivity contribution < 1.29 is 18.0 Å². The van der Waals surface area contributed by atoms with E-state index in [-0.39, 0.29) is 34.9 Å². The van der Waals surface area contributed by atoms with Crippen LogP contribution in [0.5, 0.6) is 0 Å². The first-order valence-corrected chi connectivity index (χ1v) is 14.0. The molecule has 10 heteroatoms. The topological polar surface area (TPSA) is 108 Å². The number of amides is 2. The lowest BCUT2D eigenvalue weighted by atomic mass is 10.1. The summed E-state index contributed by atoms with van der Waals surface area (Å²) in [4.78, 5) is 32.3. The van der Waals surface area contributed by atoms with Crippen molar-refractivity contribution in [2.24, 2.45) is 0 Å². The fraction of sp³-hybridized carbons (Fsp3) is 0.192. The maximum absolute atomic E-state index is 13.3. The van der Waals surface area contributed by atoms with Crippen molar-refractivity contribution >= 4 is 60.3 Å². The molecule has 0 atom stereocenters. The van der Waals surface area contributed by atoms with Crippen molar-refractivity contribution in [1.29, 1.82) is 0 Å². The molecule has 1 fully saturated rings. The van der Waals surface area contributed by atoms with Gasteiger partial charge in [0.1, 0.15) is 0 Å². The first kappa shape index (κ1) is 24.0. The maximum atomic E-state index is 13.3. The fourth-order valence-electron chi connectivity index (χ4n) is 4.09. The number of hydrogen-bond donors (Lipinski definition) is 2. The van der Waals surface area contributed by atoms with Gasteiger partial charge in [0.15, 0.2) is 15.7 Å². The van der Waals surface area contributed by atoms with Crippen LogP contribution in [0.25, 0.3) is 10.1 Å². The van der Waals surface area contributed by atoms with E-state index >= 15 is 0 Å². The Hall–Kier alpha value is -3.76. The highest BCUT2D eigenvalue weighted by Gasteiger charge is 2.38. The van der Waals surface area contributed by atoms with Gasteiger partial charge in [-0.25, -0.2) is 13.4 Å². The molecule has 2 amide bonds. The minimum absolute atomic E-state index is 0.0512. The van der Waals surface area contributed by atoms with Crippen molar-refractivity contribution in [2.75, 3.05) is 29.2 Å². The SMILES string of the molecule is Cc1ccccc1Nc1ncc(C(=O)N(C)C2CS(=O)(=O)C2)cc1NC(=O)c1csc2ccccc12. The number of benzene rings is 2. The molecule has 1 aliphatic heterocycles. The zero-order chi connectivity index (χ0) is 25.4. The van der Waals surface area contributed by atoms with Crippen LogP contribution in [0.4, 0.5) is 17.2 Å². The second-order valence-electron chi connectivity index (χ2n) is 8.81. The van der Waals surface area contributed by atoms with Crippen molar-refractivity contribution in [2.45, 2.75) is 13.0 Å². The van der Waals surface area contributed by atoms with Crippen LogP contribution in [-0.2, 0) is 9.84 Å². The third-order valence-corrected chi connectivity index (χ3v) is 9.02. The Morgan fingerprint density at radius 1 is 1.06 bits per heavy atom. The molecule has 3 heterocycles. The van der Waals surface area contributed by atoms with Crippen molar-refractivity contribution in [3.8, 4) is 0 Å². The number of hydrogen-bond acceptors (Lipinski definition) is 7. The lowest BCUT2D eigenvalue weighted by molar-refractivity contribution is 0.0749. The summed E-state index contributed by atoms with van der Waals surface area (Å²) in [6.45, 7) is 1.96.